The molecule has 2 aromatic heterocycles. The minimum atomic E-state index is -0.271. The van der Waals surface area contributed by atoms with Crippen molar-refractivity contribution in [3.8, 4) is 0 Å². The lowest BCUT2D eigenvalue weighted by molar-refractivity contribution is -0.131. The summed E-state index contributed by atoms with van der Waals surface area (Å²) in [6.07, 6.45) is 1.75. The zero-order valence-electron chi connectivity index (χ0n) is 19.4. The van der Waals surface area contributed by atoms with Gasteiger partial charge in [0.15, 0.2) is 0 Å². The Bertz CT molecular complexity index is 1240. The van der Waals surface area contributed by atoms with Gasteiger partial charge in [0.2, 0.25) is 5.91 Å². The van der Waals surface area contributed by atoms with Crippen LogP contribution in [0, 0.1) is 6.92 Å². The van der Waals surface area contributed by atoms with E-state index in [2.05, 4.69) is 22.9 Å². The molecule has 4 heterocycles. The van der Waals surface area contributed by atoms with Crippen molar-refractivity contribution in [1.29, 1.82) is 0 Å². The number of aryl methyl sites for hydroxylation is 2. The minimum Gasteiger partial charge on any atom is -0.352 e. The topological polar surface area (TPSA) is 86.7 Å². The number of hydrogen-bond donors (Lipinski definition) is 0. The first-order valence-electron chi connectivity index (χ1n) is 11.7. The first-order chi connectivity index (χ1) is 16.5. The molecule has 1 aromatic carbocycles. The van der Waals surface area contributed by atoms with Crippen LogP contribution in [0.4, 0.5) is 5.82 Å². The van der Waals surface area contributed by atoms with E-state index in [0.29, 0.717) is 50.1 Å². The van der Waals surface area contributed by atoms with Gasteiger partial charge in [0.1, 0.15) is 16.5 Å². The number of fused-ring (bicyclic) bond motifs is 2. The Hall–Kier alpha value is -3.33. The van der Waals surface area contributed by atoms with Crippen LogP contribution in [0.2, 0.25) is 0 Å². The third-order valence-electron chi connectivity index (χ3n) is 6.47. The number of amides is 3. The van der Waals surface area contributed by atoms with Crippen molar-refractivity contribution >= 4 is 45.1 Å². The molecule has 176 valence electrons. The predicted octanol–water partition coefficient (Wildman–Crippen LogP) is 3.29. The van der Waals surface area contributed by atoms with Gasteiger partial charge in [-0.15, -0.1) is 11.3 Å². The van der Waals surface area contributed by atoms with Gasteiger partial charge in [-0.25, -0.2) is 9.97 Å². The molecule has 0 radical (unpaired) electrons. The second-order valence-corrected chi connectivity index (χ2v) is 9.77. The van der Waals surface area contributed by atoms with E-state index in [4.69, 9.17) is 4.98 Å². The SMILES string of the molecule is CCc1cc2c(N3CCN(C(=O)CCCN4C(=O)c5ccccc5C4=O)CC3)nc(C)nc2s1. The van der Waals surface area contributed by atoms with Crippen molar-refractivity contribution in [2.24, 2.45) is 0 Å². The van der Waals surface area contributed by atoms with E-state index in [1.54, 1.807) is 35.6 Å². The lowest BCUT2D eigenvalue weighted by Crippen LogP contribution is -2.49. The number of benzene rings is 1. The summed E-state index contributed by atoms with van der Waals surface area (Å²) in [5.74, 6) is 1.24. The molecule has 5 rings (SSSR count). The van der Waals surface area contributed by atoms with Gasteiger partial charge >= 0.3 is 0 Å². The Kier molecular flexibility index (Phi) is 6.03. The highest BCUT2D eigenvalue weighted by molar-refractivity contribution is 7.18. The summed E-state index contributed by atoms with van der Waals surface area (Å²) in [5, 5.41) is 1.09. The van der Waals surface area contributed by atoms with Gasteiger partial charge in [-0.05, 0) is 38.0 Å². The van der Waals surface area contributed by atoms with E-state index in [-0.39, 0.29) is 24.3 Å². The second kappa shape index (κ2) is 9.13. The molecular formula is C25H27N5O3S. The summed E-state index contributed by atoms with van der Waals surface area (Å²) in [6, 6.07) is 9.04. The number of anilines is 1. The van der Waals surface area contributed by atoms with E-state index in [1.807, 2.05) is 11.8 Å². The van der Waals surface area contributed by atoms with E-state index in [0.717, 1.165) is 28.3 Å². The number of thiophene rings is 1. The van der Waals surface area contributed by atoms with E-state index >= 15 is 0 Å². The van der Waals surface area contributed by atoms with Crippen LogP contribution in [-0.2, 0) is 11.2 Å². The maximum absolute atomic E-state index is 12.8. The lowest BCUT2D eigenvalue weighted by Gasteiger charge is -2.35. The molecule has 1 fully saturated rings. The van der Waals surface area contributed by atoms with Crippen LogP contribution in [0.15, 0.2) is 30.3 Å². The van der Waals surface area contributed by atoms with Gasteiger partial charge in [-0.1, -0.05) is 19.1 Å². The molecule has 0 unspecified atom stereocenters. The molecule has 8 nitrogen and oxygen atoms in total. The molecule has 0 N–H and O–H groups in total. The quantitative estimate of drug-likeness (QED) is 0.507. The Morgan fingerprint density at radius 1 is 1.03 bits per heavy atom. The second-order valence-electron chi connectivity index (χ2n) is 8.66. The zero-order chi connectivity index (χ0) is 23.8. The Morgan fingerprint density at radius 3 is 2.35 bits per heavy atom. The zero-order valence-corrected chi connectivity index (χ0v) is 20.2. The Balaban J connectivity index is 1.16. The number of hydrogen-bond acceptors (Lipinski definition) is 7. The maximum Gasteiger partial charge on any atom is 0.261 e. The third kappa shape index (κ3) is 4.04. The van der Waals surface area contributed by atoms with Gasteiger partial charge in [0.05, 0.1) is 16.5 Å². The van der Waals surface area contributed by atoms with Gasteiger partial charge < -0.3 is 9.80 Å². The van der Waals surface area contributed by atoms with Crippen LogP contribution in [0.3, 0.4) is 0 Å². The molecule has 2 aliphatic heterocycles. The van der Waals surface area contributed by atoms with Crippen LogP contribution in [0.5, 0.6) is 0 Å². The van der Waals surface area contributed by atoms with Crippen molar-refractivity contribution in [3.63, 3.8) is 0 Å². The van der Waals surface area contributed by atoms with Crippen LogP contribution in [0.25, 0.3) is 10.2 Å². The smallest absolute Gasteiger partial charge is 0.261 e. The lowest BCUT2D eigenvalue weighted by atomic mass is 10.1. The highest BCUT2D eigenvalue weighted by Gasteiger charge is 2.34. The molecule has 0 atom stereocenters. The molecule has 3 aromatic rings. The van der Waals surface area contributed by atoms with E-state index in [1.165, 1.54) is 9.78 Å². The van der Waals surface area contributed by atoms with Crippen molar-refractivity contribution in [1.82, 2.24) is 19.8 Å². The summed E-state index contributed by atoms with van der Waals surface area (Å²) >= 11 is 1.72. The molecule has 2 aliphatic rings. The fourth-order valence-electron chi connectivity index (χ4n) is 4.63. The predicted molar refractivity (Wildman–Crippen MR) is 131 cm³/mol. The van der Waals surface area contributed by atoms with Crippen molar-refractivity contribution < 1.29 is 14.4 Å². The molecule has 0 saturated carbocycles. The minimum absolute atomic E-state index is 0.0593. The van der Waals surface area contributed by atoms with Gasteiger partial charge in [-0.2, -0.15) is 0 Å². The fourth-order valence-corrected chi connectivity index (χ4v) is 5.64. The average Bonchev–Trinajstić information content (AvgIpc) is 3.38. The molecule has 1 saturated heterocycles. The Morgan fingerprint density at radius 2 is 1.71 bits per heavy atom. The standard InChI is InChI=1S/C25H27N5O3S/c1-3-17-15-20-22(26-16(2)27-23(20)34-17)29-13-11-28(12-14-29)21(31)9-6-10-30-24(32)18-7-4-5-8-19(18)25(30)33/h4-5,7-8,15H,3,6,9-14H2,1-2H3. The molecule has 9 heteroatoms. The summed E-state index contributed by atoms with van der Waals surface area (Å²) in [7, 11) is 0. The summed E-state index contributed by atoms with van der Waals surface area (Å²) in [5.41, 5.74) is 0.890. The summed E-state index contributed by atoms with van der Waals surface area (Å²) in [4.78, 5) is 54.8. The van der Waals surface area contributed by atoms with Crippen LogP contribution < -0.4 is 4.90 Å². The number of rotatable bonds is 6. The number of carbonyl (C=O) groups is 3. The van der Waals surface area contributed by atoms with Crippen LogP contribution in [0.1, 0.15) is 51.2 Å². The van der Waals surface area contributed by atoms with Crippen LogP contribution >= 0.6 is 11.3 Å². The van der Waals surface area contributed by atoms with E-state index < -0.39 is 0 Å². The van der Waals surface area contributed by atoms with Crippen molar-refractivity contribution in [2.75, 3.05) is 37.6 Å². The maximum atomic E-state index is 12.8. The fraction of sp³-hybridized carbons (Fsp3) is 0.400. The third-order valence-corrected chi connectivity index (χ3v) is 7.64. The molecule has 0 spiro atoms. The molecule has 0 bridgehead atoms. The summed E-state index contributed by atoms with van der Waals surface area (Å²) in [6.45, 7) is 7.00. The molecule has 34 heavy (non-hydrogen) atoms. The summed E-state index contributed by atoms with van der Waals surface area (Å²) < 4.78 is 0. The first-order valence-corrected chi connectivity index (χ1v) is 12.5. The molecule has 3 amide bonds. The number of aromatic nitrogens is 2. The average molecular weight is 478 g/mol. The largest absolute Gasteiger partial charge is 0.352 e. The molecular weight excluding hydrogens is 450 g/mol. The number of carbonyl (C=O) groups excluding carboxylic acids is 3. The van der Waals surface area contributed by atoms with Crippen LogP contribution in [-0.4, -0.2) is 70.2 Å². The van der Waals surface area contributed by atoms with Gasteiger partial charge in [0.25, 0.3) is 11.8 Å². The van der Waals surface area contributed by atoms with Gasteiger partial charge in [-0.3, -0.25) is 19.3 Å². The van der Waals surface area contributed by atoms with Crippen molar-refractivity contribution in [3.05, 3.63) is 52.2 Å². The number of imide groups is 1. The number of piperazine rings is 1. The normalized spacial score (nSPS) is 16.0. The highest BCUT2D eigenvalue weighted by atomic mass is 32.1. The van der Waals surface area contributed by atoms with E-state index in [9.17, 15) is 14.4 Å². The van der Waals surface area contributed by atoms with Crippen molar-refractivity contribution in [2.45, 2.75) is 33.1 Å². The monoisotopic (exact) mass is 477 g/mol. The highest BCUT2D eigenvalue weighted by Crippen LogP contribution is 2.32. The first kappa shape index (κ1) is 22.5. The number of nitrogens with zero attached hydrogens (tertiary/aromatic N) is 5. The van der Waals surface area contributed by atoms with Gasteiger partial charge in [0, 0.05) is 44.0 Å². The molecule has 0 aliphatic carbocycles. The Labute approximate surface area is 202 Å².